The second-order valence-corrected chi connectivity index (χ2v) is 7.74. The zero-order valence-electron chi connectivity index (χ0n) is 15.5. The summed E-state index contributed by atoms with van der Waals surface area (Å²) < 4.78 is 6.69. The zero-order chi connectivity index (χ0) is 18.8. The molecule has 0 radical (unpaired) electrons. The monoisotopic (exact) mass is 427 g/mol. The molecule has 4 rings (SSSR count). The van der Waals surface area contributed by atoms with Gasteiger partial charge >= 0.3 is 0 Å². The first-order valence-corrected chi connectivity index (χ1v) is 10.1. The molecule has 0 saturated carbocycles. The van der Waals surface area contributed by atoms with Crippen LogP contribution in [0.5, 0.6) is 0 Å². The molecule has 3 heterocycles. The number of aromatic nitrogens is 4. The van der Waals surface area contributed by atoms with Crippen LogP contribution in [0.25, 0.3) is 0 Å². The van der Waals surface area contributed by atoms with Crippen molar-refractivity contribution in [3.05, 3.63) is 63.6 Å². The number of anilines is 1. The minimum atomic E-state index is 0.0789. The number of hydrogen-bond donors (Lipinski definition) is 0. The normalized spacial score (nSPS) is 16.9. The van der Waals surface area contributed by atoms with Gasteiger partial charge in [0.2, 0.25) is 5.89 Å². The molecule has 6 nitrogen and oxygen atoms in total. The lowest BCUT2D eigenvalue weighted by molar-refractivity contribution is 0.351. The SMILES string of the molecule is CCc1cc(N2CCCC2c2nc(Cc3ccc(Br)cc3)no2)nc(C)n1. The molecule has 1 saturated heterocycles. The van der Waals surface area contributed by atoms with Crippen LogP contribution in [0.4, 0.5) is 5.82 Å². The summed E-state index contributed by atoms with van der Waals surface area (Å²) in [6.45, 7) is 4.99. The average Bonchev–Trinajstić information content (AvgIpc) is 3.32. The lowest BCUT2D eigenvalue weighted by atomic mass is 10.1. The molecule has 0 amide bonds. The maximum Gasteiger partial charge on any atom is 0.249 e. The Hall–Kier alpha value is -2.28. The quantitative estimate of drug-likeness (QED) is 0.599. The molecular weight excluding hydrogens is 406 g/mol. The number of nitrogens with zero attached hydrogens (tertiary/aromatic N) is 5. The van der Waals surface area contributed by atoms with Gasteiger partial charge in [0.1, 0.15) is 17.7 Å². The van der Waals surface area contributed by atoms with E-state index in [1.54, 1.807) is 0 Å². The molecule has 3 aromatic rings. The van der Waals surface area contributed by atoms with Crippen LogP contribution in [0, 0.1) is 6.92 Å². The average molecular weight is 428 g/mol. The molecule has 0 spiro atoms. The molecule has 27 heavy (non-hydrogen) atoms. The smallest absolute Gasteiger partial charge is 0.249 e. The van der Waals surface area contributed by atoms with Gasteiger partial charge in [0.15, 0.2) is 5.82 Å². The first-order valence-electron chi connectivity index (χ1n) is 9.30. The van der Waals surface area contributed by atoms with E-state index in [1.807, 2.05) is 19.1 Å². The van der Waals surface area contributed by atoms with Gasteiger partial charge < -0.3 is 9.42 Å². The van der Waals surface area contributed by atoms with E-state index in [9.17, 15) is 0 Å². The molecule has 1 unspecified atom stereocenters. The van der Waals surface area contributed by atoms with Gasteiger partial charge in [-0.3, -0.25) is 0 Å². The van der Waals surface area contributed by atoms with E-state index in [0.29, 0.717) is 18.1 Å². The number of halogens is 1. The predicted molar refractivity (Wildman–Crippen MR) is 107 cm³/mol. The van der Waals surface area contributed by atoms with Crippen molar-refractivity contribution in [3.8, 4) is 0 Å². The van der Waals surface area contributed by atoms with Gasteiger partial charge in [0.25, 0.3) is 0 Å². The van der Waals surface area contributed by atoms with Crippen molar-refractivity contribution in [3.63, 3.8) is 0 Å². The third-order valence-corrected chi connectivity index (χ3v) is 5.36. The van der Waals surface area contributed by atoms with Gasteiger partial charge in [0.05, 0.1) is 0 Å². The summed E-state index contributed by atoms with van der Waals surface area (Å²) >= 11 is 3.46. The van der Waals surface area contributed by atoms with Crippen LogP contribution < -0.4 is 4.90 Å². The van der Waals surface area contributed by atoms with Crippen LogP contribution in [0.15, 0.2) is 39.3 Å². The van der Waals surface area contributed by atoms with Crippen molar-refractivity contribution in [2.24, 2.45) is 0 Å². The molecule has 0 N–H and O–H groups in total. The Bertz CT molecular complexity index is 924. The summed E-state index contributed by atoms with van der Waals surface area (Å²) in [7, 11) is 0. The molecule has 7 heteroatoms. The first-order chi connectivity index (χ1) is 13.1. The van der Waals surface area contributed by atoms with E-state index in [4.69, 9.17) is 4.52 Å². The van der Waals surface area contributed by atoms with E-state index in [2.05, 4.69) is 66.1 Å². The number of rotatable bonds is 5. The van der Waals surface area contributed by atoms with E-state index >= 15 is 0 Å². The lowest BCUT2D eigenvalue weighted by Gasteiger charge is -2.23. The largest absolute Gasteiger partial charge is 0.344 e. The summed E-state index contributed by atoms with van der Waals surface area (Å²) in [6.07, 6.45) is 3.63. The fraction of sp³-hybridized carbons (Fsp3) is 0.400. The molecule has 140 valence electrons. The highest BCUT2D eigenvalue weighted by Crippen LogP contribution is 2.34. The number of benzene rings is 1. The summed E-state index contributed by atoms with van der Waals surface area (Å²) in [5.74, 6) is 3.15. The van der Waals surface area contributed by atoms with E-state index in [1.165, 1.54) is 0 Å². The minimum Gasteiger partial charge on any atom is -0.344 e. The molecule has 0 aliphatic carbocycles. The maximum atomic E-state index is 5.63. The van der Waals surface area contributed by atoms with Crippen molar-refractivity contribution in [1.29, 1.82) is 0 Å². The third kappa shape index (κ3) is 4.03. The fourth-order valence-corrected chi connectivity index (χ4v) is 3.76. The molecule has 1 aliphatic rings. The van der Waals surface area contributed by atoms with Gasteiger partial charge in [-0.1, -0.05) is 40.1 Å². The Balaban J connectivity index is 1.55. The first kappa shape index (κ1) is 18.1. The molecule has 0 bridgehead atoms. The highest BCUT2D eigenvalue weighted by molar-refractivity contribution is 9.10. The Morgan fingerprint density at radius 3 is 2.78 bits per heavy atom. The van der Waals surface area contributed by atoms with Gasteiger partial charge in [-0.15, -0.1) is 0 Å². The van der Waals surface area contributed by atoms with Crippen molar-refractivity contribution in [2.45, 2.75) is 45.6 Å². The Morgan fingerprint density at radius 2 is 2.00 bits per heavy atom. The Labute approximate surface area is 167 Å². The molecule has 1 fully saturated rings. The highest BCUT2D eigenvalue weighted by Gasteiger charge is 2.32. The highest BCUT2D eigenvalue weighted by atomic mass is 79.9. The Kier molecular flexibility index (Phi) is 5.20. The van der Waals surface area contributed by atoms with Gasteiger partial charge in [0, 0.05) is 29.2 Å². The number of hydrogen-bond acceptors (Lipinski definition) is 6. The maximum absolute atomic E-state index is 5.63. The summed E-state index contributed by atoms with van der Waals surface area (Å²) in [4.78, 5) is 16.1. The Morgan fingerprint density at radius 1 is 1.19 bits per heavy atom. The van der Waals surface area contributed by atoms with Gasteiger partial charge in [-0.2, -0.15) is 4.98 Å². The van der Waals surface area contributed by atoms with Crippen molar-refractivity contribution in [2.75, 3.05) is 11.4 Å². The van der Waals surface area contributed by atoms with Crippen LogP contribution in [-0.2, 0) is 12.8 Å². The van der Waals surface area contributed by atoms with E-state index in [-0.39, 0.29) is 6.04 Å². The van der Waals surface area contributed by atoms with E-state index < -0.39 is 0 Å². The summed E-state index contributed by atoms with van der Waals surface area (Å²) in [5, 5.41) is 4.20. The zero-order valence-corrected chi connectivity index (χ0v) is 17.1. The second-order valence-electron chi connectivity index (χ2n) is 6.82. The molecule has 1 aliphatic heterocycles. The van der Waals surface area contributed by atoms with E-state index in [0.717, 1.165) is 53.2 Å². The van der Waals surface area contributed by atoms with Crippen LogP contribution in [0.2, 0.25) is 0 Å². The molecule has 1 aromatic carbocycles. The summed E-state index contributed by atoms with van der Waals surface area (Å²) in [6, 6.07) is 10.3. The molecule has 2 aromatic heterocycles. The minimum absolute atomic E-state index is 0.0789. The van der Waals surface area contributed by atoms with Crippen LogP contribution >= 0.6 is 15.9 Å². The number of aryl methyl sites for hydroxylation is 2. The third-order valence-electron chi connectivity index (χ3n) is 4.83. The van der Waals surface area contributed by atoms with Crippen molar-refractivity contribution < 1.29 is 4.52 Å². The predicted octanol–water partition coefficient (Wildman–Crippen LogP) is 4.43. The molecular formula is C20H22BrN5O. The second kappa shape index (κ2) is 7.76. The van der Waals surface area contributed by atoms with Gasteiger partial charge in [-0.05, 0) is 43.9 Å². The van der Waals surface area contributed by atoms with Crippen LogP contribution in [0.3, 0.4) is 0 Å². The fourth-order valence-electron chi connectivity index (χ4n) is 3.50. The van der Waals surface area contributed by atoms with Crippen molar-refractivity contribution in [1.82, 2.24) is 20.1 Å². The lowest BCUT2D eigenvalue weighted by Crippen LogP contribution is -2.24. The van der Waals surface area contributed by atoms with Crippen LogP contribution in [-0.4, -0.2) is 26.7 Å². The summed E-state index contributed by atoms with van der Waals surface area (Å²) in [5.41, 5.74) is 2.22. The van der Waals surface area contributed by atoms with Crippen molar-refractivity contribution >= 4 is 21.7 Å². The van der Waals surface area contributed by atoms with Crippen LogP contribution in [0.1, 0.15) is 54.6 Å². The topological polar surface area (TPSA) is 67.9 Å². The van der Waals surface area contributed by atoms with Gasteiger partial charge in [-0.25, -0.2) is 9.97 Å². The standard InChI is InChI=1S/C20H22BrN5O/c1-3-16-12-19(23-13(2)22-16)26-10-4-5-17(26)20-24-18(25-27-20)11-14-6-8-15(21)9-7-14/h6-9,12,17H,3-5,10-11H2,1-2H3. The molecule has 1 atom stereocenters.